The number of rotatable bonds is 3. The highest BCUT2D eigenvalue weighted by molar-refractivity contribution is 5.90. The lowest BCUT2D eigenvalue weighted by Gasteiger charge is -1.93. The molecule has 0 bridgehead atoms. The zero-order valence-electron chi connectivity index (χ0n) is 8.30. The van der Waals surface area contributed by atoms with Gasteiger partial charge < -0.3 is 15.6 Å². The molecular weight excluding hydrogens is 216 g/mol. The van der Waals surface area contributed by atoms with E-state index >= 15 is 0 Å². The Hall–Kier alpha value is -2.45. The van der Waals surface area contributed by atoms with E-state index in [1.807, 2.05) is 0 Å². The first-order valence-electron chi connectivity index (χ1n) is 4.42. The van der Waals surface area contributed by atoms with Crippen LogP contribution in [0.15, 0.2) is 9.15 Å². The number of aromatic nitrogens is 4. The molecule has 0 aromatic carbocycles. The smallest absolute Gasteiger partial charge is 0.292 e. The van der Waals surface area contributed by atoms with Gasteiger partial charge in [0.2, 0.25) is 11.5 Å². The topological polar surface area (TPSA) is 133 Å². The predicted octanol–water partition coefficient (Wildman–Crippen LogP) is -0.549. The second-order valence-electron chi connectivity index (χ2n) is 2.78. The van der Waals surface area contributed by atoms with Crippen LogP contribution in [-0.4, -0.2) is 32.9 Å². The first-order valence-corrected chi connectivity index (χ1v) is 4.42. The van der Waals surface area contributed by atoms with Crippen molar-refractivity contribution in [2.75, 3.05) is 12.3 Å². The van der Waals surface area contributed by atoms with Crippen molar-refractivity contribution in [2.45, 2.75) is 6.92 Å². The highest BCUT2D eigenvalue weighted by Crippen LogP contribution is 2.19. The largest absolute Gasteiger partial charge is 0.379 e. The summed E-state index contributed by atoms with van der Waals surface area (Å²) in [7, 11) is 0. The first kappa shape index (κ1) is 10.1. The van der Waals surface area contributed by atoms with Gasteiger partial charge in [-0.1, -0.05) is 5.16 Å². The fourth-order valence-corrected chi connectivity index (χ4v) is 0.995. The molecule has 84 valence electrons. The van der Waals surface area contributed by atoms with Gasteiger partial charge in [-0.05, 0) is 17.2 Å². The SMILES string of the molecule is CCNC(=O)c1noc(-c2nonc2N)n1. The van der Waals surface area contributed by atoms with Crippen LogP contribution in [0.5, 0.6) is 0 Å². The molecule has 0 spiro atoms. The Morgan fingerprint density at radius 3 is 2.88 bits per heavy atom. The summed E-state index contributed by atoms with van der Waals surface area (Å²) in [6.45, 7) is 2.24. The number of carbonyl (C=O) groups is 1. The standard InChI is InChI=1S/C7H8N6O3/c1-2-9-6(14)5-10-7(15-13-5)3-4(8)12-16-11-3/h2H2,1H3,(H2,8,12)(H,9,14). The molecule has 0 saturated carbocycles. The van der Waals surface area contributed by atoms with Crippen molar-refractivity contribution in [2.24, 2.45) is 0 Å². The number of carbonyl (C=O) groups excluding carboxylic acids is 1. The van der Waals surface area contributed by atoms with Gasteiger partial charge in [0.15, 0.2) is 0 Å². The zero-order chi connectivity index (χ0) is 11.5. The normalized spacial score (nSPS) is 10.3. The molecule has 16 heavy (non-hydrogen) atoms. The monoisotopic (exact) mass is 224 g/mol. The molecule has 0 atom stereocenters. The average molecular weight is 224 g/mol. The maximum atomic E-state index is 11.3. The predicted molar refractivity (Wildman–Crippen MR) is 50.0 cm³/mol. The summed E-state index contributed by atoms with van der Waals surface area (Å²) in [5, 5.41) is 12.8. The summed E-state index contributed by atoms with van der Waals surface area (Å²) in [5.41, 5.74) is 5.53. The molecule has 0 radical (unpaired) electrons. The highest BCUT2D eigenvalue weighted by atomic mass is 16.6. The van der Waals surface area contributed by atoms with Gasteiger partial charge in [0, 0.05) is 6.54 Å². The van der Waals surface area contributed by atoms with Crippen molar-refractivity contribution in [3.8, 4) is 11.6 Å². The molecule has 3 N–H and O–H groups in total. The molecule has 0 saturated heterocycles. The fourth-order valence-electron chi connectivity index (χ4n) is 0.995. The van der Waals surface area contributed by atoms with E-state index in [-0.39, 0.29) is 23.2 Å². The van der Waals surface area contributed by atoms with Crippen LogP contribution in [-0.2, 0) is 0 Å². The number of nitrogens with zero attached hydrogens (tertiary/aromatic N) is 4. The minimum absolute atomic E-state index is 0.0139. The highest BCUT2D eigenvalue weighted by Gasteiger charge is 2.19. The Bertz CT molecular complexity index is 504. The number of amides is 1. The Kier molecular flexibility index (Phi) is 2.50. The molecule has 1 amide bonds. The number of nitrogens with two attached hydrogens (primary N) is 1. The Morgan fingerprint density at radius 2 is 2.25 bits per heavy atom. The number of nitrogen functional groups attached to an aromatic ring is 1. The number of anilines is 1. The molecule has 0 aliphatic heterocycles. The summed E-state index contributed by atoms with van der Waals surface area (Å²) in [6.07, 6.45) is 0. The molecule has 0 unspecified atom stereocenters. The van der Waals surface area contributed by atoms with Gasteiger partial charge in [0.25, 0.3) is 17.6 Å². The quantitative estimate of drug-likeness (QED) is 0.709. The van der Waals surface area contributed by atoms with E-state index in [2.05, 4.69) is 30.4 Å². The molecule has 9 heteroatoms. The Labute approximate surface area is 89.0 Å². The molecule has 9 nitrogen and oxygen atoms in total. The summed E-state index contributed by atoms with van der Waals surface area (Å²) >= 11 is 0. The lowest BCUT2D eigenvalue weighted by atomic mass is 10.4. The van der Waals surface area contributed by atoms with E-state index in [0.717, 1.165) is 0 Å². The van der Waals surface area contributed by atoms with Crippen LogP contribution in [0.25, 0.3) is 11.6 Å². The molecule has 2 heterocycles. The van der Waals surface area contributed by atoms with Gasteiger partial charge in [-0.15, -0.1) is 0 Å². The van der Waals surface area contributed by atoms with Crippen LogP contribution in [0.2, 0.25) is 0 Å². The molecule has 0 fully saturated rings. The molecule has 0 aliphatic rings. The molecule has 2 aromatic heterocycles. The minimum atomic E-state index is -0.437. The van der Waals surface area contributed by atoms with Crippen LogP contribution < -0.4 is 11.1 Å². The van der Waals surface area contributed by atoms with Gasteiger partial charge in [0.1, 0.15) is 0 Å². The van der Waals surface area contributed by atoms with E-state index in [4.69, 9.17) is 10.3 Å². The van der Waals surface area contributed by atoms with E-state index < -0.39 is 5.91 Å². The zero-order valence-corrected chi connectivity index (χ0v) is 8.30. The summed E-state index contributed by atoms with van der Waals surface area (Å²) in [6, 6.07) is 0. The number of hydrogen-bond acceptors (Lipinski definition) is 8. The second-order valence-corrected chi connectivity index (χ2v) is 2.78. The molecule has 0 aliphatic carbocycles. The van der Waals surface area contributed by atoms with Crippen LogP contribution >= 0.6 is 0 Å². The van der Waals surface area contributed by atoms with Gasteiger partial charge in [-0.25, -0.2) is 4.63 Å². The van der Waals surface area contributed by atoms with E-state index in [0.29, 0.717) is 6.54 Å². The molecular formula is C7H8N6O3. The molecule has 2 rings (SSSR count). The van der Waals surface area contributed by atoms with E-state index in [9.17, 15) is 4.79 Å². The van der Waals surface area contributed by atoms with Crippen molar-refractivity contribution in [3.05, 3.63) is 5.82 Å². The lowest BCUT2D eigenvalue weighted by molar-refractivity contribution is 0.0942. The third kappa shape index (κ3) is 1.69. The van der Waals surface area contributed by atoms with Crippen molar-refractivity contribution >= 4 is 11.7 Å². The van der Waals surface area contributed by atoms with Crippen molar-refractivity contribution in [1.82, 2.24) is 25.8 Å². The van der Waals surface area contributed by atoms with Crippen LogP contribution in [0.3, 0.4) is 0 Å². The van der Waals surface area contributed by atoms with Crippen LogP contribution in [0.1, 0.15) is 17.5 Å². The third-order valence-electron chi connectivity index (χ3n) is 1.68. The number of hydrogen-bond donors (Lipinski definition) is 2. The van der Waals surface area contributed by atoms with Gasteiger partial charge >= 0.3 is 0 Å². The summed E-state index contributed by atoms with van der Waals surface area (Å²) < 4.78 is 9.16. The van der Waals surface area contributed by atoms with Crippen molar-refractivity contribution in [3.63, 3.8) is 0 Å². The van der Waals surface area contributed by atoms with E-state index in [1.54, 1.807) is 6.92 Å². The van der Waals surface area contributed by atoms with Crippen LogP contribution in [0.4, 0.5) is 5.82 Å². The van der Waals surface area contributed by atoms with Gasteiger partial charge in [0.05, 0.1) is 0 Å². The minimum Gasteiger partial charge on any atom is -0.379 e. The van der Waals surface area contributed by atoms with Gasteiger partial charge in [-0.2, -0.15) is 4.98 Å². The Balaban J connectivity index is 2.26. The summed E-state index contributed by atoms with van der Waals surface area (Å²) in [4.78, 5) is 15.1. The Morgan fingerprint density at radius 1 is 1.44 bits per heavy atom. The molecule has 2 aromatic rings. The first-order chi connectivity index (χ1) is 7.72. The maximum absolute atomic E-state index is 11.3. The summed E-state index contributed by atoms with van der Waals surface area (Å²) in [5.74, 6) is -0.530. The van der Waals surface area contributed by atoms with Gasteiger partial charge in [-0.3, -0.25) is 4.79 Å². The third-order valence-corrected chi connectivity index (χ3v) is 1.68. The van der Waals surface area contributed by atoms with Crippen molar-refractivity contribution < 1.29 is 13.9 Å². The maximum Gasteiger partial charge on any atom is 0.292 e. The lowest BCUT2D eigenvalue weighted by Crippen LogP contribution is -2.23. The van der Waals surface area contributed by atoms with E-state index in [1.165, 1.54) is 0 Å². The van der Waals surface area contributed by atoms with Crippen LogP contribution in [0, 0.1) is 0 Å². The number of nitrogens with one attached hydrogen (secondary N) is 1. The van der Waals surface area contributed by atoms with Crippen molar-refractivity contribution in [1.29, 1.82) is 0 Å². The fraction of sp³-hybridized carbons (Fsp3) is 0.286. The average Bonchev–Trinajstić information content (AvgIpc) is 2.86. The second kappa shape index (κ2) is 3.96.